The molecule has 0 atom stereocenters. The molecule has 4 nitrogen and oxygen atoms in total. The molecule has 0 aliphatic heterocycles. The molecule has 0 N–H and O–H groups in total. The second-order valence-corrected chi connectivity index (χ2v) is 26.0. The smallest absolute Gasteiger partial charge is 0.134 e. The van der Waals surface area contributed by atoms with Gasteiger partial charge in [-0.2, -0.15) is 0 Å². The van der Waals surface area contributed by atoms with Crippen LogP contribution >= 0.6 is 75.1 Å². The fraction of sp³-hybridized carbons (Fsp3) is 0.400. The third-order valence-corrected chi connectivity index (χ3v) is 18.2. The van der Waals surface area contributed by atoms with Crippen LogP contribution in [-0.2, 0) is 12.8 Å². The van der Waals surface area contributed by atoms with E-state index in [4.69, 9.17) is 9.47 Å². The largest absolute Gasteiger partial charge is 0.492 e. The maximum Gasteiger partial charge on any atom is 0.134 e. The average Bonchev–Trinajstić information content (AvgIpc) is 3.78. The molecule has 7 aromatic carbocycles. The van der Waals surface area contributed by atoms with E-state index in [0.717, 1.165) is 91.0 Å². The first kappa shape index (κ1) is 62.5. The third kappa shape index (κ3) is 17.5. The number of ether oxygens (including phenoxy) is 2. The van der Waals surface area contributed by atoms with E-state index < -0.39 is 0 Å². The minimum Gasteiger partial charge on any atom is -0.492 e. The van der Waals surface area contributed by atoms with Crippen molar-refractivity contribution in [1.29, 1.82) is 0 Å². The van der Waals surface area contributed by atoms with Crippen molar-refractivity contribution in [2.45, 2.75) is 171 Å². The molecule has 1 heterocycles. The molecule has 0 spiro atoms. The third-order valence-electron chi connectivity index (χ3n) is 14.8. The predicted molar refractivity (Wildman–Crippen MR) is 360 cm³/mol. The van der Waals surface area contributed by atoms with Gasteiger partial charge in [-0.15, -0.1) is 11.3 Å². The Morgan fingerprint density at radius 2 is 0.671 bits per heavy atom. The first-order valence-electron chi connectivity index (χ1n) is 29.4. The number of unbranched alkanes of at least 4 members (excludes halogenated alkanes) is 12. The number of rotatable bonds is 28. The number of thiophene rings is 1. The molecule has 0 aliphatic carbocycles. The number of hydrogen-bond donors (Lipinski definition) is 0. The highest BCUT2D eigenvalue weighted by molar-refractivity contribution is 9.11. The normalized spacial score (nSPS) is 11.3. The van der Waals surface area contributed by atoms with Crippen molar-refractivity contribution in [1.82, 2.24) is 0 Å². The van der Waals surface area contributed by atoms with E-state index in [-0.39, 0.29) is 0 Å². The lowest BCUT2D eigenvalue weighted by Gasteiger charge is -2.31. The summed E-state index contributed by atoms with van der Waals surface area (Å²) in [5.41, 5.74) is 15.1. The van der Waals surface area contributed by atoms with Crippen molar-refractivity contribution >= 4 is 129 Å². The van der Waals surface area contributed by atoms with Crippen LogP contribution in [-0.4, -0.2) is 13.2 Å². The van der Waals surface area contributed by atoms with E-state index >= 15 is 0 Å². The summed E-state index contributed by atoms with van der Waals surface area (Å²) in [6.45, 7) is 19.6. The van der Waals surface area contributed by atoms with Gasteiger partial charge in [-0.05, 0) is 229 Å². The molecule has 420 valence electrons. The van der Waals surface area contributed by atoms with Crippen molar-refractivity contribution in [2.24, 2.45) is 0 Å². The van der Waals surface area contributed by atoms with Crippen LogP contribution in [0, 0.1) is 27.7 Å². The summed E-state index contributed by atoms with van der Waals surface area (Å²) in [6, 6.07) is 44.7. The van der Waals surface area contributed by atoms with E-state index in [2.05, 4.69) is 250 Å². The summed E-state index contributed by atoms with van der Waals surface area (Å²) in [5.74, 6) is 1.88. The quantitative estimate of drug-likeness (QED) is 0.0456. The minimum atomic E-state index is 0.774. The Labute approximate surface area is 512 Å². The molecule has 8 rings (SSSR count). The molecule has 0 fully saturated rings. The molecular formula is C70H84Br4N2O2S. The van der Waals surface area contributed by atoms with Gasteiger partial charge in [-0.1, -0.05) is 161 Å². The lowest BCUT2D eigenvalue weighted by Crippen LogP contribution is -2.15. The lowest BCUT2D eigenvalue weighted by atomic mass is 9.98. The molecule has 0 aliphatic rings. The lowest BCUT2D eigenvalue weighted by molar-refractivity contribution is 0.302. The number of nitrogens with zero attached hydrogens (tertiary/aromatic N) is 2. The first-order valence-corrected chi connectivity index (χ1v) is 33.3. The fourth-order valence-electron chi connectivity index (χ4n) is 10.7. The Morgan fingerprint density at radius 1 is 0.367 bits per heavy atom. The molecule has 1 aromatic heterocycles. The van der Waals surface area contributed by atoms with E-state index in [0.29, 0.717) is 0 Å². The van der Waals surface area contributed by atoms with Crippen LogP contribution in [0.15, 0.2) is 139 Å². The molecule has 0 amide bonds. The molecule has 0 radical (unpaired) electrons. The standard InChI is InChI=1S/C42H46Br2N2.C28H38Br2O2S/c1-7-9-11-33-25-29(3)41(30(4)26-33)45(37-17-13-35(43)14-18-37)39-21-23-40(24-22-39)46(38-19-15-36(44)16-20-38)42-31(5)27-34(12-10-8-2)28-32(42)6;1-3-5-7-9-11-13-15-31-25-17-21-22-18-26(32-16-14-12-10-8-6-4-2)24(30)20-28(22)33-27(21)19-23(25)29/h13-28H,7-12H2,1-6H3;17-20H,3-16H2,1-2H3. The van der Waals surface area contributed by atoms with Crippen molar-refractivity contribution in [3.63, 3.8) is 0 Å². The van der Waals surface area contributed by atoms with Crippen LogP contribution in [0.1, 0.15) is 164 Å². The second-order valence-electron chi connectivity index (χ2n) is 21.4. The zero-order valence-electron chi connectivity index (χ0n) is 48.3. The molecule has 0 bridgehead atoms. The van der Waals surface area contributed by atoms with E-state index in [9.17, 15) is 0 Å². The van der Waals surface area contributed by atoms with Crippen LogP contribution in [0.25, 0.3) is 20.2 Å². The maximum atomic E-state index is 6.16. The average molecular weight is 1340 g/mol. The number of benzene rings is 7. The van der Waals surface area contributed by atoms with Crippen LogP contribution in [0.5, 0.6) is 11.5 Å². The zero-order chi connectivity index (χ0) is 56.3. The Balaban J connectivity index is 0.000000242. The van der Waals surface area contributed by atoms with Gasteiger partial charge in [0, 0.05) is 51.9 Å². The molecule has 79 heavy (non-hydrogen) atoms. The van der Waals surface area contributed by atoms with Crippen molar-refractivity contribution in [3.8, 4) is 11.5 Å². The molecular weight excluding hydrogens is 1250 g/mol. The van der Waals surface area contributed by atoms with E-state index in [1.54, 1.807) is 0 Å². The minimum absolute atomic E-state index is 0.774. The zero-order valence-corrected chi connectivity index (χ0v) is 55.5. The molecule has 0 saturated heterocycles. The summed E-state index contributed by atoms with van der Waals surface area (Å²) in [7, 11) is 0. The summed E-state index contributed by atoms with van der Waals surface area (Å²) in [5, 5.41) is 2.49. The van der Waals surface area contributed by atoms with Gasteiger partial charge < -0.3 is 19.3 Å². The highest BCUT2D eigenvalue weighted by Crippen LogP contribution is 2.46. The van der Waals surface area contributed by atoms with Crippen molar-refractivity contribution in [3.05, 3.63) is 173 Å². The fourth-order valence-corrected chi connectivity index (χ4v) is 13.6. The Hall–Kier alpha value is -4.12. The van der Waals surface area contributed by atoms with Gasteiger partial charge >= 0.3 is 0 Å². The highest BCUT2D eigenvalue weighted by Gasteiger charge is 2.22. The number of aryl methyl sites for hydroxylation is 6. The van der Waals surface area contributed by atoms with Gasteiger partial charge in [0.1, 0.15) is 11.5 Å². The van der Waals surface area contributed by atoms with Crippen LogP contribution in [0.4, 0.5) is 34.1 Å². The van der Waals surface area contributed by atoms with Crippen LogP contribution in [0.3, 0.4) is 0 Å². The molecule has 8 aromatic rings. The monoisotopic (exact) mass is 1330 g/mol. The highest BCUT2D eigenvalue weighted by atomic mass is 79.9. The van der Waals surface area contributed by atoms with Gasteiger partial charge in [0.05, 0.1) is 33.5 Å². The van der Waals surface area contributed by atoms with Gasteiger partial charge in [0.2, 0.25) is 0 Å². The van der Waals surface area contributed by atoms with Gasteiger partial charge in [-0.3, -0.25) is 0 Å². The van der Waals surface area contributed by atoms with Crippen LogP contribution in [0.2, 0.25) is 0 Å². The number of fused-ring (bicyclic) bond motifs is 3. The molecule has 0 unspecified atom stereocenters. The van der Waals surface area contributed by atoms with Gasteiger partial charge in [0.25, 0.3) is 0 Å². The Bertz CT molecular complexity index is 2910. The van der Waals surface area contributed by atoms with E-state index in [1.165, 1.54) is 155 Å². The first-order chi connectivity index (χ1) is 38.3. The topological polar surface area (TPSA) is 24.9 Å². The molecule has 0 saturated carbocycles. The Kier molecular flexibility index (Phi) is 25.2. The maximum absolute atomic E-state index is 6.16. The number of anilines is 6. The van der Waals surface area contributed by atoms with E-state index in [1.807, 2.05) is 11.3 Å². The summed E-state index contributed by atoms with van der Waals surface area (Å²) < 4.78 is 19.1. The summed E-state index contributed by atoms with van der Waals surface area (Å²) in [4.78, 5) is 4.82. The molecule has 9 heteroatoms. The summed E-state index contributed by atoms with van der Waals surface area (Å²) in [6.07, 6.45) is 22.4. The number of halogens is 4. The number of hydrogen-bond acceptors (Lipinski definition) is 5. The summed E-state index contributed by atoms with van der Waals surface area (Å²) >= 11 is 16.5. The van der Waals surface area contributed by atoms with Crippen molar-refractivity contribution < 1.29 is 9.47 Å². The second kappa shape index (κ2) is 31.9. The van der Waals surface area contributed by atoms with Crippen LogP contribution < -0.4 is 19.3 Å². The predicted octanol–water partition coefficient (Wildman–Crippen LogP) is 25.1. The Morgan fingerprint density at radius 3 is 1.00 bits per heavy atom. The van der Waals surface area contributed by atoms with Gasteiger partial charge in [0.15, 0.2) is 0 Å². The van der Waals surface area contributed by atoms with Gasteiger partial charge in [-0.25, -0.2) is 0 Å². The van der Waals surface area contributed by atoms with Crippen molar-refractivity contribution in [2.75, 3.05) is 23.0 Å². The SMILES string of the molecule is CCCCCCCCOc1cc2c(cc1Br)sc1cc(Br)c(OCCCCCCCC)cc12.CCCCc1cc(C)c(N(c2ccc(Br)cc2)c2ccc(N(c3ccc(Br)cc3)c3c(C)cc(CCCC)cc3C)cc2)c(C)c1.